The number of hydrogen-bond acceptors (Lipinski definition) is 7. The molecule has 18 heavy (non-hydrogen) atoms. The molecule has 0 aromatic rings. The van der Waals surface area contributed by atoms with Gasteiger partial charge >= 0.3 is 0 Å². The smallest absolute Gasteiger partial charge is 0.0980 e. The monoisotopic (exact) mass is 266 g/mol. The van der Waals surface area contributed by atoms with Crippen molar-refractivity contribution in [2.45, 2.75) is 0 Å². The number of ether oxygens (including phenoxy) is 1. The highest BCUT2D eigenvalue weighted by Crippen LogP contribution is 1.60. The molecule has 0 bridgehead atoms. The fourth-order valence-electron chi connectivity index (χ4n) is 0.748. The second kappa shape index (κ2) is 25.5. The molecule has 0 aliphatic carbocycles. The van der Waals surface area contributed by atoms with Crippen LogP contribution in [0.2, 0.25) is 0 Å². The fraction of sp³-hybridized carbons (Fsp3) is 1.00. The van der Waals surface area contributed by atoms with Crippen molar-refractivity contribution in [2.75, 3.05) is 76.1 Å². The molecule has 0 radical (unpaired) electrons. The van der Waals surface area contributed by atoms with E-state index in [1.165, 1.54) is 0 Å². The molecule has 0 saturated carbocycles. The van der Waals surface area contributed by atoms with Crippen LogP contribution in [0, 0.1) is 0 Å². The summed E-state index contributed by atoms with van der Waals surface area (Å²) >= 11 is 0. The van der Waals surface area contributed by atoms with Crippen molar-refractivity contribution < 1.29 is 4.74 Å². The lowest BCUT2D eigenvalue weighted by atomic mass is 10.9. The first-order valence-electron chi connectivity index (χ1n) is 6.06. The van der Waals surface area contributed by atoms with Gasteiger partial charge in [-0.05, 0) is 49.3 Å². The van der Waals surface area contributed by atoms with Crippen LogP contribution in [0.1, 0.15) is 0 Å². The summed E-state index contributed by atoms with van der Waals surface area (Å²) in [6.07, 6.45) is 0. The summed E-state index contributed by atoms with van der Waals surface area (Å²) in [5.74, 6) is 0. The van der Waals surface area contributed by atoms with Gasteiger partial charge in [-0.1, -0.05) is 0 Å². The van der Waals surface area contributed by atoms with Crippen LogP contribution in [-0.2, 0) is 4.74 Å². The minimum absolute atomic E-state index is 0.612. The van der Waals surface area contributed by atoms with E-state index in [1.807, 2.05) is 49.3 Å². The molecule has 0 spiro atoms. The highest BCUT2D eigenvalue weighted by Gasteiger charge is 1.77. The van der Waals surface area contributed by atoms with Crippen molar-refractivity contribution in [1.29, 1.82) is 0 Å². The molecule has 5 N–H and O–H groups in total. The van der Waals surface area contributed by atoms with E-state index in [0.717, 1.165) is 13.3 Å². The molecule has 0 aliphatic heterocycles. The van der Waals surface area contributed by atoms with E-state index in [0.29, 0.717) is 13.5 Å². The Bertz CT molecular complexity index is 110. The zero-order valence-corrected chi connectivity index (χ0v) is 13.2. The van der Waals surface area contributed by atoms with E-state index < -0.39 is 0 Å². The van der Waals surface area contributed by atoms with E-state index in [4.69, 9.17) is 4.74 Å². The van der Waals surface area contributed by atoms with Gasteiger partial charge in [0, 0.05) is 13.3 Å². The third kappa shape index (κ3) is 44.8. The van der Waals surface area contributed by atoms with E-state index in [2.05, 4.69) is 31.5 Å². The maximum atomic E-state index is 4.91. The minimum Gasteiger partial charge on any atom is -0.351 e. The van der Waals surface area contributed by atoms with E-state index in [-0.39, 0.29) is 0 Å². The van der Waals surface area contributed by atoms with Crippen molar-refractivity contribution in [3.05, 3.63) is 0 Å². The van der Waals surface area contributed by atoms with Gasteiger partial charge in [-0.3, -0.25) is 15.5 Å². The molecular weight excluding hydrogens is 232 g/mol. The van der Waals surface area contributed by atoms with Crippen molar-refractivity contribution in [3.63, 3.8) is 0 Å². The molecule has 0 aromatic heterocycles. The fourth-order valence-corrected chi connectivity index (χ4v) is 0.748. The zero-order chi connectivity index (χ0) is 14.6. The molecule has 0 saturated heterocycles. The minimum atomic E-state index is 0.612. The van der Waals surface area contributed by atoms with Gasteiger partial charge in [0.2, 0.25) is 0 Å². The second-order valence-electron chi connectivity index (χ2n) is 3.68. The maximum absolute atomic E-state index is 4.91. The number of nitrogens with zero attached hydrogens (tertiary/aromatic N) is 1. The normalized spacial score (nSPS) is 9.33. The van der Waals surface area contributed by atoms with Gasteiger partial charge < -0.3 is 20.7 Å². The average molecular weight is 266 g/mol. The van der Waals surface area contributed by atoms with Crippen LogP contribution < -0.4 is 26.6 Å². The molecule has 0 heterocycles. The van der Waals surface area contributed by atoms with Crippen LogP contribution in [0.5, 0.6) is 0 Å². The summed E-state index contributed by atoms with van der Waals surface area (Å²) in [6.45, 7) is 3.07. The molecule has 0 fully saturated rings. The summed E-state index contributed by atoms with van der Waals surface area (Å²) in [4.78, 5) is 2.07. The Morgan fingerprint density at radius 3 is 1.28 bits per heavy atom. The van der Waals surface area contributed by atoms with Crippen LogP contribution in [0.4, 0.5) is 0 Å². The van der Waals surface area contributed by atoms with Crippen molar-refractivity contribution >= 4 is 0 Å². The Kier molecular flexibility index (Phi) is 32.4. The van der Waals surface area contributed by atoms with Gasteiger partial charge in [-0.2, -0.15) is 0 Å². The highest BCUT2D eigenvalue weighted by molar-refractivity contribution is 4.30. The van der Waals surface area contributed by atoms with Crippen LogP contribution >= 0.6 is 0 Å². The van der Waals surface area contributed by atoms with Gasteiger partial charge in [-0.25, -0.2) is 0 Å². The topological polar surface area (TPSA) is 72.6 Å². The first kappa shape index (κ1) is 22.9. The number of hydrogen-bond donors (Lipinski definition) is 5. The summed E-state index contributed by atoms with van der Waals surface area (Å²) in [7, 11) is 13.5. The Balaban J connectivity index is -0.000000190. The lowest BCUT2D eigenvalue weighted by Gasteiger charge is -2.05. The quantitative estimate of drug-likeness (QED) is 0.269. The molecular formula is C11H34N6O. The Morgan fingerprint density at radius 2 is 1.17 bits per heavy atom. The molecule has 0 atom stereocenters. The molecule has 7 nitrogen and oxygen atoms in total. The lowest BCUT2D eigenvalue weighted by Crippen LogP contribution is -2.24. The third-order valence-electron chi connectivity index (χ3n) is 1.32. The molecule has 0 amide bonds. The summed E-state index contributed by atoms with van der Waals surface area (Å²) in [6, 6.07) is 0. The molecule has 0 rings (SSSR count). The Labute approximate surface area is 113 Å². The predicted molar refractivity (Wildman–Crippen MR) is 79.5 cm³/mol. The predicted octanol–water partition coefficient (Wildman–Crippen LogP) is -1.54. The van der Waals surface area contributed by atoms with Gasteiger partial charge in [0.05, 0.1) is 13.5 Å². The summed E-state index contributed by atoms with van der Waals surface area (Å²) in [5, 5.41) is 14.5. The van der Waals surface area contributed by atoms with Crippen molar-refractivity contribution in [1.82, 2.24) is 31.5 Å². The van der Waals surface area contributed by atoms with Crippen molar-refractivity contribution in [2.24, 2.45) is 0 Å². The van der Waals surface area contributed by atoms with Gasteiger partial charge in [-0.15, -0.1) is 0 Å². The van der Waals surface area contributed by atoms with Crippen molar-refractivity contribution in [3.8, 4) is 0 Å². The van der Waals surface area contributed by atoms with Crippen LogP contribution in [0.3, 0.4) is 0 Å². The molecule has 114 valence electrons. The SMILES string of the molecule is CNCN(C)C.CNCNC.CNCOCNC. The molecule has 7 heteroatoms. The van der Waals surface area contributed by atoms with Gasteiger partial charge in [0.15, 0.2) is 0 Å². The standard InChI is InChI=1S/C4H12N2O.C4H12N2.C3H10N2/c1-5-3-7-4-6-2;1-5-4-6(2)3;1-4-3-5-2/h5-6H,3-4H2,1-2H3;5H,4H2,1-3H3;4-5H,3H2,1-2H3. The first-order chi connectivity index (χ1) is 8.60. The summed E-state index contributed by atoms with van der Waals surface area (Å²) < 4.78 is 4.91. The third-order valence-corrected chi connectivity index (χ3v) is 1.32. The summed E-state index contributed by atoms with van der Waals surface area (Å²) in [5.41, 5.74) is 0. The molecule has 0 aromatic carbocycles. The molecule has 0 unspecified atom stereocenters. The van der Waals surface area contributed by atoms with Crippen LogP contribution in [0.15, 0.2) is 0 Å². The van der Waals surface area contributed by atoms with E-state index in [1.54, 1.807) is 0 Å². The van der Waals surface area contributed by atoms with Gasteiger partial charge in [0.1, 0.15) is 0 Å². The highest BCUT2D eigenvalue weighted by atomic mass is 16.5. The van der Waals surface area contributed by atoms with Gasteiger partial charge in [0.25, 0.3) is 0 Å². The van der Waals surface area contributed by atoms with E-state index >= 15 is 0 Å². The Morgan fingerprint density at radius 1 is 0.722 bits per heavy atom. The largest absolute Gasteiger partial charge is 0.351 e. The zero-order valence-electron chi connectivity index (χ0n) is 13.2. The van der Waals surface area contributed by atoms with Crippen LogP contribution in [0.25, 0.3) is 0 Å². The second-order valence-corrected chi connectivity index (χ2v) is 3.68. The Hall–Kier alpha value is -0.280. The maximum Gasteiger partial charge on any atom is 0.0980 e. The molecule has 0 aliphatic rings. The van der Waals surface area contributed by atoms with Crippen LogP contribution in [-0.4, -0.2) is 81.0 Å². The number of nitrogens with one attached hydrogen (secondary N) is 5. The lowest BCUT2D eigenvalue weighted by molar-refractivity contribution is 0.110. The number of rotatable bonds is 8. The van der Waals surface area contributed by atoms with E-state index in [9.17, 15) is 0 Å². The first-order valence-corrected chi connectivity index (χ1v) is 6.06. The average Bonchev–Trinajstić information content (AvgIpc) is 2.32.